The van der Waals surface area contributed by atoms with E-state index in [2.05, 4.69) is 37.5 Å². The lowest BCUT2D eigenvalue weighted by Gasteiger charge is -2.18. The van der Waals surface area contributed by atoms with E-state index >= 15 is 0 Å². The summed E-state index contributed by atoms with van der Waals surface area (Å²) < 4.78 is 0. The van der Waals surface area contributed by atoms with E-state index in [1.54, 1.807) is 6.33 Å². The number of aromatic amines is 1. The van der Waals surface area contributed by atoms with E-state index in [1.807, 2.05) is 6.92 Å². The normalized spacial score (nSPS) is 22.8. The van der Waals surface area contributed by atoms with Crippen molar-refractivity contribution in [2.24, 2.45) is 5.92 Å². The van der Waals surface area contributed by atoms with Crippen LogP contribution < -0.4 is 10.6 Å². The predicted molar refractivity (Wildman–Crippen MR) is 76.3 cm³/mol. The van der Waals surface area contributed by atoms with Crippen LogP contribution in [0.5, 0.6) is 0 Å². The van der Waals surface area contributed by atoms with Crippen molar-refractivity contribution in [1.29, 1.82) is 0 Å². The van der Waals surface area contributed by atoms with Crippen molar-refractivity contribution in [3.8, 4) is 0 Å². The smallest absolute Gasteiger partial charge is 0.226 e. The Hall–Kier alpha value is -1.85. The van der Waals surface area contributed by atoms with Crippen molar-refractivity contribution >= 4 is 22.9 Å². The van der Waals surface area contributed by atoms with Gasteiger partial charge in [0.2, 0.25) is 5.95 Å². The second kappa shape index (κ2) is 5.03. The lowest BCUT2D eigenvalue weighted by Crippen LogP contribution is -2.23. The summed E-state index contributed by atoms with van der Waals surface area (Å²) in [5.41, 5.74) is 1.60. The Morgan fingerprint density at radius 1 is 1.37 bits per heavy atom. The minimum atomic E-state index is 0.496. The SMILES string of the molecule is CCNc1nc(NC2CCCC2C)c2[nH]cnc2n1. The molecule has 0 radical (unpaired) electrons. The number of nitrogens with zero attached hydrogens (tertiary/aromatic N) is 3. The maximum Gasteiger partial charge on any atom is 0.226 e. The van der Waals surface area contributed by atoms with E-state index in [0.29, 0.717) is 23.6 Å². The van der Waals surface area contributed by atoms with Gasteiger partial charge in [-0.2, -0.15) is 9.97 Å². The number of nitrogens with one attached hydrogen (secondary N) is 3. The van der Waals surface area contributed by atoms with Crippen LogP contribution in [0.15, 0.2) is 6.33 Å². The van der Waals surface area contributed by atoms with Crippen LogP contribution in [0.2, 0.25) is 0 Å². The molecule has 2 aromatic rings. The summed E-state index contributed by atoms with van der Waals surface area (Å²) >= 11 is 0. The van der Waals surface area contributed by atoms with E-state index in [9.17, 15) is 0 Å². The molecule has 102 valence electrons. The van der Waals surface area contributed by atoms with Gasteiger partial charge in [-0.25, -0.2) is 4.98 Å². The van der Waals surface area contributed by atoms with Gasteiger partial charge < -0.3 is 15.6 Å². The molecular formula is C13H20N6. The number of rotatable bonds is 4. The van der Waals surface area contributed by atoms with Crippen LogP contribution in [0, 0.1) is 5.92 Å². The lowest BCUT2D eigenvalue weighted by atomic mass is 10.1. The molecule has 19 heavy (non-hydrogen) atoms. The van der Waals surface area contributed by atoms with Gasteiger partial charge in [0.05, 0.1) is 6.33 Å². The van der Waals surface area contributed by atoms with Crippen LogP contribution in [-0.2, 0) is 0 Å². The molecule has 1 fully saturated rings. The summed E-state index contributed by atoms with van der Waals surface area (Å²) in [5.74, 6) is 2.18. The predicted octanol–water partition coefficient (Wildman–Crippen LogP) is 2.39. The highest BCUT2D eigenvalue weighted by molar-refractivity contribution is 5.83. The quantitative estimate of drug-likeness (QED) is 0.786. The van der Waals surface area contributed by atoms with Crippen LogP contribution in [0.3, 0.4) is 0 Å². The van der Waals surface area contributed by atoms with Gasteiger partial charge in [-0.1, -0.05) is 13.3 Å². The van der Waals surface area contributed by atoms with Crippen molar-refractivity contribution in [2.75, 3.05) is 17.2 Å². The highest BCUT2D eigenvalue weighted by Crippen LogP contribution is 2.29. The first-order valence-corrected chi connectivity index (χ1v) is 6.99. The summed E-state index contributed by atoms with van der Waals surface area (Å²) in [7, 11) is 0. The Morgan fingerprint density at radius 3 is 3.00 bits per heavy atom. The topological polar surface area (TPSA) is 78.5 Å². The summed E-state index contributed by atoms with van der Waals surface area (Å²) in [6.45, 7) is 5.13. The Bertz CT molecular complexity index is 563. The molecule has 6 nitrogen and oxygen atoms in total. The zero-order valence-corrected chi connectivity index (χ0v) is 11.4. The highest BCUT2D eigenvalue weighted by atomic mass is 15.2. The Balaban J connectivity index is 1.93. The third-order valence-electron chi connectivity index (χ3n) is 3.80. The van der Waals surface area contributed by atoms with E-state index in [4.69, 9.17) is 0 Å². The number of H-pyrrole nitrogens is 1. The molecule has 2 aromatic heterocycles. The number of imidazole rings is 1. The number of aromatic nitrogens is 4. The maximum absolute atomic E-state index is 4.56. The molecule has 0 spiro atoms. The molecule has 2 heterocycles. The molecule has 2 unspecified atom stereocenters. The van der Waals surface area contributed by atoms with Crippen LogP contribution in [0.4, 0.5) is 11.8 Å². The Kier molecular flexibility index (Phi) is 3.23. The van der Waals surface area contributed by atoms with E-state index in [0.717, 1.165) is 17.9 Å². The average molecular weight is 260 g/mol. The third-order valence-corrected chi connectivity index (χ3v) is 3.80. The number of fused-ring (bicyclic) bond motifs is 1. The second-order valence-electron chi connectivity index (χ2n) is 5.19. The largest absolute Gasteiger partial charge is 0.365 e. The zero-order chi connectivity index (χ0) is 13.2. The highest BCUT2D eigenvalue weighted by Gasteiger charge is 2.24. The minimum absolute atomic E-state index is 0.496. The summed E-state index contributed by atoms with van der Waals surface area (Å²) in [6, 6.07) is 0.496. The molecule has 6 heteroatoms. The maximum atomic E-state index is 4.56. The first-order chi connectivity index (χ1) is 9.28. The van der Waals surface area contributed by atoms with Crippen LogP contribution in [-0.4, -0.2) is 32.5 Å². The van der Waals surface area contributed by atoms with E-state index in [1.165, 1.54) is 19.3 Å². The van der Waals surface area contributed by atoms with Crippen LogP contribution in [0.1, 0.15) is 33.1 Å². The molecule has 0 saturated heterocycles. The molecular weight excluding hydrogens is 240 g/mol. The first kappa shape index (κ1) is 12.2. The fourth-order valence-electron chi connectivity index (χ4n) is 2.71. The van der Waals surface area contributed by atoms with Gasteiger partial charge in [0, 0.05) is 12.6 Å². The molecule has 1 aliphatic rings. The van der Waals surface area contributed by atoms with Crippen LogP contribution >= 0.6 is 0 Å². The molecule has 1 saturated carbocycles. The fourth-order valence-corrected chi connectivity index (χ4v) is 2.71. The summed E-state index contributed by atoms with van der Waals surface area (Å²) in [6.07, 6.45) is 5.45. The van der Waals surface area contributed by atoms with Crippen molar-refractivity contribution < 1.29 is 0 Å². The molecule has 0 bridgehead atoms. The first-order valence-electron chi connectivity index (χ1n) is 6.99. The number of hydrogen-bond donors (Lipinski definition) is 3. The molecule has 0 aromatic carbocycles. The minimum Gasteiger partial charge on any atom is -0.365 e. The van der Waals surface area contributed by atoms with Gasteiger partial charge in [0.1, 0.15) is 5.52 Å². The molecule has 3 N–H and O–H groups in total. The molecule has 0 amide bonds. The van der Waals surface area contributed by atoms with Gasteiger partial charge in [-0.15, -0.1) is 0 Å². The Labute approximate surface area is 112 Å². The second-order valence-corrected chi connectivity index (χ2v) is 5.19. The van der Waals surface area contributed by atoms with E-state index in [-0.39, 0.29) is 0 Å². The van der Waals surface area contributed by atoms with Crippen molar-refractivity contribution in [2.45, 2.75) is 39.2 Å². The number of anilines is 2. The molecule has 3 rings (SSSR count). The van der Waals surface area contributed by atoms with Crippen molar-refractivity contribution in [3.05, 3.63) is 6.33 Å². The number of hydrogen-bond acceptors (Lipinski definition) is 5. The average Bonchev–Trinajstić information content (AvgIpc) is 3.00. The Morgan fingerprint density at radius 2 is 2.26 bits per heavy atom. The summed E-state index contributed by atoms with van der Waals surface area (Å²) in [4.78, 5) is 16.3. The van der Waals surface area contributed by atoms with Gasteiger partial charge >= 0.3 is 0 Å². The molecule has 1 aliphatic carbocycles. The van der Waals surface area contributed by atoms with Crippen LogP contribution in [0.25, 0.3) is 11.2 Å². The molecule has 0 aliphatic heterocycles. The molecule has 2 atom stereocenters. The fraction of sp³-hybridized carbons (Fsp3) is 0.615. The lowest BCUT2D eigenvalue weighted by molar-refractivity contribution is 0.555. The zero-order valence-electron chi connectivity index (χ0n) is 11.4. The van der Waals surface area contributed by atoms with Crippen molar-refractivity contribution in [3.63, 3.8) is 0 Å². The summed E-state index contributed by atoms with van der Waals surface area (Å²) in [5, 5.41) is 6.71. The van der Waals surface area contributed by atoms with Gasteiger partial charge in [-0.05, 0) is 25.7 Å². The van der Waals surface area contributed by atoms with Gasteiger partial charge in [0.25, 0.3) is 0 Å². The van der Waals surface area contributed by atoms with Gasteiger partial charge in [0.15, 0.2) is 11.5 Å². The van der Waals surface area contributed by atoms with Gasteiger partial charge in [-0.3, -0.25) is 0 Å². The van der Waals surface area contributed by atoms with E-state index < -0.39 is 0 Å². The van der Waals surface area contributed by atoms with Crippen molar-refractivity contribution in [1.82, 2.24) is 19.9 Å². The standard InChI is InChI=1S/C13H20N6/c1-3-14-13-18-11-10(15-7-16-11)12(19-13)17-9-6-4-5-8(9)2/h7-9H,3-6H2,1-2H3,(H3,14,15,16,17,18,19). The third kappa shape index (κ3) is 2.34. The monoisotopic (exact) mass is 260 g/mol.